The highest BCUT2D eigenvalue weighted by Crippen LogP contribution is 2.22. The molecule has 8 heteroatoms. The van der Waals surface area contributed by atoms with Crippen LogP contribution in [-0.4, -0.2) is 22.0 Å². The first-order chi connectivity index (χ1) is 13.7. The van der Waals surface area contributed by atoms with E-state index in [0.29, 0.717) is 28.5 Å². The molecule has 4 rings (SSSR count). The lowest BCUT2D eigenvalue weighted by molar-refractivity contribution is 0.101. The van der Waals surface area contributed by atoms with Gasteiger partial charge in [0.1, 0.15) is 0 Å². The first kappa shape index (κ1) is 17.2. The predicted octanol–water partition coefficient (Wildman–Crippen LogP) is 3.83. The number of amides is 2. The number of benzene rings is 1. The maximum absolute atomic E-state index is 12.4. The molecule has 4 aromatic rings. The van der Waals surface area contributed by atoms with Gasteiger partial charge in [-0.25, -0.2) is 0 Å². The van der Waals surface area contributed by atoms with Crippen LogP contribution in [0.4, 0.5) is 11.4 Å². The number of hydrogen-bond donors (Lipinski definition) is 2. The Balaban J connectivity index is 1.44. The maximum atomic E-state index is 12.4. The van der Waals surface area contributed by atoms with Crippen molar-refractivity contribution in [1.82, 2.24) is 10.1 Å². The highest BCUT2D eigenvalue weighted by molar-refractivity contribution is 6.06. The van der Waals surface area contributed by atoms with Crippen LogP contribution in [0.5, 0.6) is 0 Å². The van der Waals surface area contributed by atoms with Crippen LogP contribution in [0.1, 0.15) is 20.8 Å². The molecule has 3 heterocycles. The second kappa shape index (κ2) is 7.58. The van der Waals surface area contributed by atoms with Crippen LogP contribution in [0.25, 0.3) is 11.5 Å². The van der Waals surface area contributed by atoms with Crippen LogP contribution in [-0.2, 0) is 0 Å². The summed E-state index contributed by atoms with van der Waals surface area (Å²) < 4.78 is 10.3. The van der Waals surface area contributed by atoms with E-state index in [1.54, 1.807) is 60.9 Å². The number of pyridine rings is 1. The Labute approximate surface area is 159 Å². The Bertz CT molecular complexity index is 1100. The van der Waals surface area contributed by atoms with Gasteiger partial charge in [-0.15, -0.1) is 0 Å². The smallest absolute Gasteiger partial charge is 0.277 e. The highest BCUT2D eigenvalue weighted by Gasteiger charge is 2.15. The highest BCUT2D eigenvalue weighted by atomic mass is 16.5. The summed E-state index contributed by atoms with van der Waals surface area (Å²) in [5.74, 6) is 0.116. The summed E-state index contributed by atoms with van der Waals surface area (Å²) in [6, 6.07) is 14.9. The third kappa shape index (κ3) is 3.80. The lowest BCUT2D eigenvalue weighted by Crippen LogP contribution is -2.14. The molecule has 2 amide bonds. The van der Waals surface area contributed by atoms with Crippen LogP contribution in [0.3, 0.4) is 0 Å². The molecule has 0 saturated carbocycles. The van der Waals surface area contributed by atoms with Gasteiger partial charge < -0.3 is 19.6 Å². The number of carbonyl (C=O) groups excluding carboxylic acids is 2. The molecule has 2 N–H and O–H groups in total. The van der Waals surface area contributed by atoms with Gasteiger partial charge in [0.15, 0.2) is 11.5 Å². The van der Waals surface area contributed by atoms with Gasteiger partial charge in [0, 0.05) is 35.4 Å². The van der Waals surface area contributed by atoms with Gasteiger partial charge in [0.05, 0.1) is 6.26 Å². The van der Waals surface area contributed by atoms with E-state index in [4.69, 9.17) is 8.94 Å². The van der Waals surface area contributed by atoms with E-state index >= 15 is 0 Å². The van der Waals surface area contributed by atoms with Crippen molar-refractivity contribution < 1.29 is 18.5 Å². The molecular formula is C20H14N4O4. The lowest BCUT2D eigenvalue weighted by atomic mass is 10.2. The van der Waals surface area contributed by atoms with Crippen molar-refractivity contribution >= 4 is 23.2 Å². The first-order valence-corrected chi connectivity index (χ1v) is 8.32. The summed E-state index contributed by atoms with van der Waals surface area (Å²) in [6.07, 6.45) is 4.59. The van der Waals surface area contributed by atoms with E-state index in [9.17, 15) is 9.59 Å². The molecule has 0 saturated heterocycles. The minimum absolute atomic E-state index is 0.109. The number of anilines is 2. The number of nitrogens with zero attached hydrogens (tertiary/aromatic N) is 2. The molecule has 138 valence electrons. The molecule has 0 spiro atoms. The monoisotopic (exact) mass is 374 g/mol. The Hall–Kier alpha value is -4.20. The summed E-state index contributed by atoms with van der Waals surface area (Å²) in [4.78, 5) is 28.5. The third-order valence-electron chi connectivity index (χ3n) is 3.83. The Morgan fingerprint density at radius 1 is 0.821 bits per heavy atom. The molecular weight excluding hydrogens is 360 g/mol. The minimum atomic E-state index is -0.445. The van der Waals surface area contributed by atoms with E-state index in [-0.39, 0.29) is 11.6 Å². The van der Waals surface area contributed by atoms with Crippen molar-refractivity contribution in [2.45, 2.75) is 0 Å². The molecule has 0 fully saturated rings. The quantitative estimate of drug-likeness (QED) is 0.549. The fraction of sp³-hybridized carbons (Fsp3) is 0. The summed E-state index contributed by atoms with van der Waals surface area (Å²) in [6.45, 7) is 0. The number of hydrogen-bond acceptors (Lipinski definition) is 6. The average Bonchev–Trinajstić information content (AvgIpc) is 3.41. The van der Waals surface area contributed by atoms with Crippen molar-refractivity contribution in [2.24, 2.45) is 0 Å². The number of furan rings is 1. The zero-order chi connectivity index (χ0) is 19.3. The Morgan fingerprint density at radius 3 is 2.29 bits per heavy atom. The van der Waals surface area contributed by atoms with Gasteiger partial charge in [0.25, 0.3) is 11.8 Å². The predicted molar refractivity (Wildman–Crippen MR) is 101 cm³/mol. The number of rotatable bonds is 5. The van der Waals surface area contributed by atoms with Gasteiger partial charge in [-0.1, -0.05) is 11.2 Å². The molecule has 0 atom stereocenters. The van der Waals surface area contributed by atoms with Crippen molar-refractivity contribution in [3.05, 3.63) is 84.5 Å². The fourth-order valence-electron chi connectivity index (χ4n) is 2.49. The minimum Gasteiger partial charge on any atom is -0.461 e. The third-order valence-corrected chi connectivity index (χ3v) is 3.83. The Kier molecular flexibility index (Phi) is 4.67. The van der Waals surface area contributed by atoms with Gasteiger partial charge >= 0.3 is 0 Å². The second-order valence-electron chi connectivity index (χ2n) is 5.78. The van der Waals surface area contributed by atoms with Gasteiger partial charge in [-0.2, -0.15) is 0 Å². The average molecular weight is 374 g/mol. The molecule has 0 aliphatic rings. The van der Waals surface area contributed by atoms with E-state index < -0.39 is 5.91 Å². The summed E-state index contributed by atoms with van der Waals surface area (Å²) in [5.41, 5.74) is 1.63. The largest absolute Gasteiger partial charge is 0.461 e. The number of aromatic nitrogens is 2. The van der Waals surface area contributed by atoms with Crippen molar-refractivity contribution in [2.75, 3.05) is 10.6 Å². The normalized spacial score (nSPS) is 10.4. The zero-order valence-corrected chi connectivity index (χ0v) is 14.5. The van der Waals surface area contributed by atoms with Crippen LogP contribution in [0.2, 0.25) is 0 Å². The van der Waals surface area contributed by atoms with E-state index in [1.807, 2.05) is 0 Å². The molecule has 0 radical (unpaired) electrons. The van der Waals surface area contributed by atoms with Crippen molar-refractivity contribution in [3.63, 3.8) is 0 Å². The standard InChI is InChI=1S/C20H14N4O4/c25-19(13-6-8-21-9-7-13)22-14-3-1-4-15(11-14)23-20(26)16-12-18(28-24-16)17-5-2-10-27-17/h1-12H,(H,22,25)(H,23,26). The molecule has 8 nitrogen and oxygen atoms in total. The molecule has 28 heavy (non-hydrogen) atoms. The van der Waals surface area contributed by atoms with E-state index in [2.05, 4.69) is 20.8 Å². The maximum Gasteiger partial charge on any atom is 0.277 e. The van der Waals surface area contributed by atoms with Crippen molar-refractivity contribution in [3.8, 4) is 11.5 Å². The molecule has 0 bridgehead atoms. The topological polar surface area (TPSA) is 110 Å². The molecule has 0 aliphatic heterocycles. The molecule has 0 aliphatic carbocycles. The Morgan fingerprint density at radius 2 is 1.57 bits per heavy atom. The van der Waals surface area contributed by atoms with Gasteiger partial charge in [-0.05, 0) is 42.5 Å². The second-order valence-corrected chi connectivity index (χ2v) is 5.78. The van der Waals surface area contributed by atoms with E-state index in [1.165, 1.54) is 12.3 Å². The molecule has 1 aromatic carbocycles. The zero-order valence-electron chi connectivity index (χ0n) is 14.5. The van der Waals surface area contributed by atoms with Crippen LogP contribution >= 0.6 is 0 Å². The van der Waals surface area contributed by atoms with Gasteiger partial charge in [0.2, 0.25) is 5.76 Å². The molecule has 0 unspecified atom stereocenters. The number of carbonyl (C=O) groups is 2. The van der Waals surface area contributed by atoms with Gasteiger partial charge in [-0.3, -0.25) is 14.6 Å². The summed E-state index contributed by atoms with van der Waals surface area (Å²) >= 11 is 0. The molecule has 3 aromatic heterocycles. The van der Waals surface area contributed by atoms with Crippen LogP contribution < -0.4 is 10.6 Å². The number of nitrogens with one attached hydrogen (secondary N) is 2. The first-order valence-electron chi connectivity index (χ1n) is 8.32. The van der Waals surface area contributed by atoms with Crippen LogP contribution in [0, 0.1) is 0 Å². The summed E-state index contributed by atoms with van der Waals surface area (Å²) in [7, 11) is 0. The summed E-state index contributed by atoms with van der Waals surface area (Å²) in [5, 5.41) is 9.24. The SMILES string of the molecule is O=C(Nc1cccc(NC(=O)c2cc(-c3ccco3)on2)c1)c1ccncc1. The van der Waals surface area contributed by atoms with Crippen LogP contribution in [0.15, 0.2) is 82.2 Å². The van der Waals surface area contributed by atoms with Crippen molar-refractivity contribution in [1.29, 1.82) is 0 Å². The fourth-order valence-corrected chi connectivity index (χ4v) is 2.49. The van der Waals surface area contributed by atoms with E-state index in [0.717, 1.165) is 0 Å². The lowest BCUT2D eigenvalue weighted by Gasteiger charge is -2.08.